The van der Waals surface area contributed by atoms with E-state index in [-0.39, 0.29) is 0 Å². The average Bonchev–Trinajstić information content (AvgIpc) is 3.27. The molecule has 2 aromatic heterocycles. The zero-order valence-corrected chi connectivity index (χ0v) is 14.9. The molecule has 3 atom stereocenters. The highest BCUT2D eigenvalue weighted by atomic mass is 32.2. The Morgan fingerprint density at radius 1 is 1.38 bits per heavy atom. The number of fused-ring (bicyclic) bond motifs is 2. The van der Waals surface area contributed by atoms with E-state index in [1.54, 1.807) is 18.1 Å². The number of H-pyrrole nitrogens is 1. The fraction of sp³-hybridized carbons (Fsp3) is 0.588. The number of likely N-dealkylation sites (tertiary alicyclic amines) is 1. The van der Waals surface area contributed by atoms with E-state index in [0.717, 1.165) is 42.8 Å². The molecule has 6 nitrogen and oxygen atoms in total. The average molecular weight is 345 g/mol. The van der Waals surface area contributed by atoms with Gasteiger partial charge in [-0.25, -0.2) is 9.97 Å². The molecule has 3 heterocycles. The summed E-state index contributed by atoms with van der Waals surface area (Å²) in [6.45, 7) is 1.86. The van der Waals surface area contributed by atoms with Gasteiger partial charge in [-0.1, -0.05) is 0 Å². The van der Waals surface area contributed by atoms with Gasteiger partial charge in [0.05, 0.1) is 11.1 Å². The van der Waals surface area contributed by atoms with Crippen LogP contribution in [0.1, 0.15) is 12.8 Å². The fourth-order valence-corrected chi connectivity index (χ4v) is 4.74. The topological polar surface area (TPSA) is 65.1 Å². The molecule has 2 aromatic rings. The van der Waals surface area contributed by atoms with Crippen molar-refractivity contribution in [1.29, 1.82) is 0 Å². The second-order valence-corrected chi connectivity index (χ2v) is 7.79. The minimum Gasteiger partial charge on any atom is -0.356 e. The van der Waals surface area contributed by atoms with Crippen molar-refractivity contribution in [2.45, 2.75) is 18.9 Å². The molecule has 1 N–H and O–H groups in total. The minimum atomic E-state index is 0.298. The van der Waals surface area contributed by atoms with Crippen molar-refractivity contribution in [1.82, 2.24) is 19.9 Å². The third-order valence-electron chi connectivity index (χ3n) is 5.56. The van der Waals surface area contributed by atoms with Crippen LogP contribution >= 0.6 is 11.8 Å². The second kappa shape index (κ2) is 6.27. The molecule has 24 heavy (non-hydrogen) atoms. The predicted octanol–water partition coefficient (Wildman–Crippen LogP) is 1.99. The number of hydrogen-bond donors (Lipinski definition) is 1. The molecule has 2 fully saturated rings. The lowest BCUT2D eigenvalue weighted by atomic mass is 10.0. The number of rotatable bonds is 4. The molecule has 0 radical (unpaired) electrons. The number of carbonyl (C=O) groups excluding carboxylic acids is 1. The van der Waals surface area contributed by atoms with E-state index in [9.17, 15) is 4.79 Å². The van der Waals surface area contributed by atoms with Gasteiger partial charge >= 0.3 is 0 Å². The molecule has 0 spiro atoms. The fourth-order valence-electron chi connectivity index (χ4n) is 4.32. The molecule has 2 aliphatic rings. The summed E-state index contributed by atoms with van der Waals surface area (Å²) in [5, 5.41) is 1.08. The van der Waals surface area contributed by atoms with Crippen molar-refractivity contribution < 1.29 is 4.79 Å². The van der Waals surface area contributed by atoms with Crippen molar-refractivity contribution in [3.63, 3.8) is 0 Å². The molecule has 0 bridgehead atoms. The quantitative estimate of drug-likeness (QED) is 0.918. The molecule has 1 saturated heterocycles. The highest BCUT2D eigenvalue weighted by Crippen LogP contribution is 2.41. The number of amides is 1. The molecule has 1 saturated carbocycles. The Morgan fingerprint density at radius 3 is 2.83 bits per heavy atom. The molecule has 128 valence electrons. The SMILES string of the molecule is CSCC(=O)N1C[C@H]2C[C@H](N(C)c3ncnc4[nH]ccc34)C[C@H]2C1. The lowest BCUT2D eigenvalue weighted by Gasteiger charge is -2.28. The molecule has 1 aliphatic heterocycles. The van der Waals surface area contributed by atoms with E-state index >= 15 is 0 Å². The molecule has 7 heteroatoms. The van der Waals surface area contributed by atoms with Gasteiger partial charge in [-0.2, -0.15) is 11.8 Å². The zero-order valence-electron chi connectivity index (χ0n) is 14.1. The number of nitrogens with one attached hydrogen (secondary N) is 1. The Balaban J connectivity index is 1.45. The maximum atomic E-state index is 12.1. The first kappa shape index (κ1) is 15.7. The Labute approximate surface area is 146 Å². The normalized spacial score (nSPS) is 26.1. The highest BCUT2D eigenvalue weighted by Gasteiger charge is 2.43. The first-order chi connectivity index (χ1) is 11.7. The monoisotopic (exact) mass is 345 g/mol. The van der Waals surface area contributed by atoms with Crippen LogP contribution in [0, 0.1) is 11.8 Å². The van der Waals surface area contributed by atoms with E-state index in [1.807, 2.05) is 18.5 Å². The number of aromatic amines is 1. The molecular weight excluding hydrogens is 322 g/mol. The summed E-state index contributed by atoms with van der Waals surface area (Å²) in [5.74, 6) is 3.17. The summed E-state index contributed by atoms with van der Waals surface area (Å²) >= 11 is 1.61. The third kappa shape index (κ3) is 2.64. The molecular formula is C17H23N5OS. The molecule has 4 rings (SSSR count). The molecule has 1 amide bonds. The van der Waals surface area contributed by atoms with E-state index < -0.39 is 0 Å². The maximum Gasteiger partial charge on any atom is 0.232 e. The lowest BCUT2D eigenvalue weighted by molar-refractivity contribution is -0.127. The van der Waals surface area contributed by atoms with Crippen molar-refractivity contribution >= 4 is 34.5 Å². The summed E-state index contributed by atoms with van der Waals surface area (Å²) in [7, 11) is 2.14. The second-order valence-electron chi connectivity index (χ2n) is 6.93. The Hall–Kier alpha value is -1.76. The van der Waals surface area contributed by atoms with Crippen LogP contribution in [0.5, 0.6) is 0 Å². The minimum absolute atomic E-state index is 0.298. The summed E-state index contributed by atoms with van der Waals surface area (Å²) in [5.41, 5.74) is 0.888. The standard InChI is InChI=1S/C17H23N5OS/c1-21(17-14-3-4-18-16(14)19-10-20-17)13-5-11-7-22(8-12(11)6-13)15(23)9-24-2/h3-4,10-13H,5-9H2,1-2H3,(H,18,19,20)/t11-,12+,13+. The van der Waals surface area contributed by atoms with Crippen LogP contribution in [0.25, 0.3) is 11.0 Å². The Kier molecular flexibility index (Phi) is 4.12. The highest BCUT2D eigenvalue weighted by molar-refractivity contribution is 7.99. The van der Waals surface area contributed by atoms with Crippen LogP contribution in [-0.2, 0) is 4.79 Å². The van der Waals surface area contributed by atoms with Gasteiger partial charge in [-0.05, 0) is 37.0 Å². The van der Waals surface area contributed by atoms with E-state index in [1.165, 1.54) is 0 Å². The van der Waals surface area contributed by atoms with Gasteiger partial charge < -0.3 is 14.8 Å². The number of nitrogens with zero attached hydrogens (tertiary/aromatic N) is 4. The number of hydrogen-bond acceptors (Lipinski definition) is 5. The van der Waals surface area contributed by atoms with Gasteiger partial charge in [0, 0.05) is 32.4 Å². The van der Waals surface area contributed by atoms with Crippen molar-refractivity contribution in [2.75, 3.05) is 37.0 Å². The Bertz CT molecular complexity index is 733. The van der Waals surface area contributed by atoms with Crippen LogP contribution < -0.4 is 4.90 Å². The maximum absolute atomic E-state index is 12.1. The van der Waals surface area contributed by atoms with Crippen molar-refractivity contribution in [3.8, 4) is 0 Å². The number of aromatic nitrogens is 3. The molecule has 1 aliphatic carbocycles. The number of carbonyl (C=O) groups is 1. The van der Waals surface area contributed by atoms with Gasteiger partial charge in [0.2, 0.25) is 5.91 Å². The van der Waals surface area contributed by atoms with E-state index in [2.05, 4.69) is 31.8 Å². The summed E-state index contributed by atoms with van der Waals surface area (Å²) < 4.78 is 0. The van der Waals surface area contributed by atoms with Gasteiger partial charge in [-0.3, -0.25) is 4.79 Å². The largest absolute Gasteiger partial charge is 0.356 e. The Morgan fingerprint density at radius 2 is 2.12 bits per heavy atom. The number of anilines is 1. The van der Waals surface area contributed by atoms with E-state index in [0.29, 0.717) is 29.5 Å². The van der Waals surface area contributed by atoms with Gasteiger partial charge in [0.15, 0.2) is 0 Å². The zero-order chi connectivity index (χ0) is 16.7. The predicted molar refractivity (Wildman–Crippen MR) is 97.3 cm³/mol. The van der Waals surface area contributed by atoms with Crippen LogP contribution in [0.4, 0.5) is 5.82 Å². The smallest absolute Gasteiger partial charge is 0.232 e. The van der Waals surface area contributed by atoms with Crippen LogP contribution in [0.15, 0.2) is 18.6 Å². The van der Waals surface area contributed by atoms with Crippen LogP contribution in [0.2, 0.25) is 0 Å². The molecule has 0 unspecified atom stereocenters. The molecule has 0 aromatic carbocycles. The van der Waals surface area contributed by atoms with Gasteiger partial charge in [0.25, 0.3) is 0 Å². The first-order valence-electron chi connectivity index (χ1n) is 8.45. The summed E-state index contributed by atoms with van der Waals surface area (Å²) in [6.07, 6.45) is 7.81. The first-order valence-corrected chi connectivity index (χ1v) is 9.84. The lowest BCUT2D eigenvalue weighted by Crippen LogP contribution is -2.35. The third-order valence-corrected chi connectivity index (χ3v) is 6.10. The van der Waals surface area contributed by atoms with Gasteiger partial charge in [-0.15, -0.1) is 0 Å². The van der Waals surface area contributed by atoms with E-state index in [4.69, 9.17) is 0 Å². The number of thioether (sulfide) groups is 1. The van der Waals surface area contributed by atoms with Crippen LogP contribution in [0.3, 0.4) is 0 Å². The van der Waals surface area contributed by atoms with Crippen molar-refractivity contribution in [3.05, 3.63) is 18.6 Å². The van der Waals surface area contributed by atoms with Crippen molar-refractivity contribution in [2.24, 2.45) is 11.8 Å². The van der Waals surface area contributed by atoms with Gasteiger partial charge in [0.1, 0.15) is 17.8 Å². The van der Waals surface area contributed by atoms with Crippen LogP contribution in [-0.4, -0.2) is 63.9 Å². The summed E-state index contributed by atoms with van der Waals surface area (Å²) in [6, 6.07) is 2.53. The summed E-state index contributed by atoms with van der Waals surface area (Å²) in [4.78, 5) is 28.4.